The molecule has 0 saturated carbocycles. The first kappa shape index (κ1) is 13.7. The molecule has 19 heavy (non-hydrogen) atoms. The SMILES string of the molecule is COC(=O)c1ccc(C)c(NCc2occc2Br)c1. The molecule has 0 aliphatic rings. The molecule has 1 heterocycles. The van der Waals surface area contributed by atoms with E-state index in [0.717, 1.165) is 21.5 Å². The Morgan fingerprint density at radius 2 is 2.21 bits per heavy atom. The number of benzene rings is 1. The van der Waals surface area contributed by atoms with Crippen molar-refractivity contribution in [2.45, 2.75) is 13.5 Å². The molecule has 0 bridgehead atoms. The van der Waals surface area contributed by atoms with Gasteiger partial charge in [0, 0.05) is 5.69 Å². The lowest BCUT2D eigenvalue weighted by Crippen LogP contribution is -2.05. The first-order valence-electron chi connectivity index (χ1n) is 5.76. The third-order valence-electron chi connectivity index (χ3n) is 2.79. The number of anilines is 1. The van der Waals surface area contributed by atoms with Crippen LogP contribution in [-0.2, 0) is 11.3 Å². The first-order valence-corrected chi connectivity index (χ1v) is 6.56. The lowest BCUT2D eigenvalue weighted by Gasteiger charge is -2.10. The molecule has 1 aromatic heterocycles. The van der Waals surface area contributed by atoms with Crippen molar-refractivity contribution in [1.29, 1.82) is 0 Å². The van der Waals surface area contributed by atoms with Gasteiger partial charge in [-0.15, -0.1) is 0 Å². The molecule has 0 aliphatic heterocycles. The van der Waals surface area contributed by atoms with Crippen molar-refractivity contribution < 1.29 is 13.9 Å². The zero-order valence-corrected chi connectivity index (χ0v) is 12.3. The molecule has 0 atom stereocenters. The van der Waals surface area contributed by atoms with Gasteiger partial charge >= 0.3 is 5.97 Å². The molecule has 0 amide bonds. The van der Waals surface area contributed by atoms with Crippen molar-refractivity contribution in [2.75, 3.05) is 12.4 Å². The molecular formula is C14H14BrNO3. The highest BCUT2D eigenvalue weighted by Gasteiger charge is 2.09. The summed E-state index contributed by atoms with van der Waals surface area (Å²) in [6.45, 7) is 2.51. The van der Waals surface area contributed by atoms with Gasteiger partial charge in [0.1, 0.15) is 5.76 Å². The third-order valence-corrected chi connectivity index (χ3v) is 3.50. The average Bonchev–Trinajstić information content (AvgIpc) is 2.82. The smallest absolute Gasteiger partial charge is 0.337 e. The van der Waals surface area contributed by atoms with Crippen LogP contribution >= 0.6 is 15.9 Å². The lowest BCUT2D eigenvalue weighted by molar-refractivity contribution is 0.0601. The summed E-state index contributed by atoms with van der Waals surface area (Å²) in [5.41, 5.74) is 2.45. The second kappa shape index (κ2) is 5.93. The minimum Gasteiger partial charge on any atom is -0.466 e. The maximum atomic E-state index is 11.5. The molecule has 0 radical (unpaired) electrons. The van der Waals surface area contributed by atoms with E-state index in [1.165, 1.54) is 7.11 Å². The van der Waals surface area contributed by atoms with Gasteiger partial charge in [-0.05, 0) is 46.6 Å². The monoisotopic (exact) mass is 323 g/mol. The molecule has 0 saturated heterocycles. The van der Waals surface area contributed by atoms with Crippen molar-refractivity contribution in [1.82, 2.24) is 0 Å². The van der Waals surface area contributed by atoms with Gasteiger partial charge in [-0.25, -0.2) is 4.79 Å². The second-order valence-corrected chi connectivity index (χ2v) is 4.92. The minimum absolute atomic E-state index is 0.345. The predicted molar refractivity (Wildman–Crippen MR) is 76.3 cm³/mol. The van der Waals surface area contributed by atoms with Gasteiger partial charge in [0.25, 0.3) is 0 Å². The van der Waals surface area contributed by atoms with Crippen LogP contribution in [0.3, 0.4) is 0 Å². The van der Waals surface area contributed by atoms with Gasteiger partial charge < -0.3 is 14.5 Å². The molecule has 4 nitrogen and oxygen atoms in total. The number of nitrogens with one attached hydrogen (secondary N) is 1. The standard InChI is InChI=1S/C14H14BrNO3/c1-9-3-4-10(14(17)18-2)7-12(9)16-8-13-11(15)5-6-19-13/h3-7,16H,8H2,1-2H3. The third kappa shape index (κ3) is 3.17. The van der Waals surface area contributed by atoms with Gasteiger partial charge in [-0.3, -0.25) is 0 Å². The van der Waals surface area contributed by atoms with Crippen LogP contribution in [0.15, 0.2) is 39.4 Å². The number of carbonyl (C=O) groups excluding carboxylic acids is 1. The molecule has 1 N–H and O–H groups in total. The normalized spacial score (nSPS) is 10.3. The largest absolute Gasteiger partial charge is 0.466 e. The van der Waals surface area contributed by atoms with E-state index in [1.807, 2.05) is 19.1 Å². The molecule has 5 heteroatoms. The number of hydrogen-bond donors (Lipinski definition) is 1. The van der Waals surface area contributed by atoms with Crippen molar-refractivity contribution in [3.63, 3.8) is 0 Å². The summed E-state index contributed by atoms with van der Waals surface area (Å²) in [7, 11) is 1.37. The Morgan fingerprint density at radius 3 is 2.84 bits per heavy atom. The van der Waals surface area contributed by atoms with Crippen molar-refractivity contribution in [3.8, 4) is 0 Å². The number of furan rings is 1. The summed E-state index contributed by atoms with van der Waals surface area (Å²) >= 11 is 3.40. The highest BCUT2D eigenvalue weighted by molar-refractivity contribution is 9.10. The van der Waals surface area contributed by atoms with Gasteiger partial charge in [0.2, 0.25) is 0 Å². The maximum absolute atomic E-state index is 11.5. The number of carbonyl (C=O) groups is 1. The van der Waals surface area contributed by atoms with Gasteiger partial charge in [-0.1, -0.05) is 6.07 Å². The van der Waals surface area contributed by atoms with Crippen LogP contribution < -0.4 is 5.32 Å². The number of esters is 1. The van der Waals surface area contributed by atoms with E-state index < -0.39 is 0 Å². The molecule has 0 unspecified atom stereocenters. The quantitative estimate of drug-likeness (QED) is 0.870. The van der Waals surface area contributed by atoms with Crippen molar-refractivity contribution in [3.05, 3.63) is 51.9 Å². The Balaban J connectivity index is 2.15. The fraction of sp³-hybridized carbons (Fsp3) is 0.214. The van der Waals surface area contributed by atoms with Crippen LogP contribution in [0.25, 0.3) is 0 Å². The Kier molecular flexibility index (Phi) is 4.27. The summed E-state index contributed by atoms with van der Waals surface area (Å²) in [6, 6.07) is 7.24. The summed E-state index contributed by atoms with van der Waals surface area (Å²) in [6.07, 6.45) is 1.62. The molecule has 1 aromatic carbocycles. The topological polar surface area (TPSA) is 51.5 Å². The van der Waals surface area contributed by atoms with E-state index in [9.17, 15) is 4.79 Å². The molecule has 0 spiro atoms. The summed E-state index contributed by atoms with van der Waals surface area (Å²) < 4.78 is 10.9. The molecule has 2 rings (SSSR count). The van der Waals surface area contributed by atoms with Crippen LogP contribution in [0, 0.1) is 6.92 Å². The molecule has 0 aliphatic carbocycles. The van der Waals surface area contributed by atoms with E-state index in [4.69, 9.17) is 9.15 Å². The van der Waals surface area contributed by atoms with E-state index in [0.29, 0.717) is 12.1 Å². The van der Waals surface area contributed by atoms with Gasteiger partial charge in [-0.2, -0.15) is 0 Å². The maximum Gasteiger partial charge on any atom is 0.337 e. The van der Waals surface area contributed by atoms with E-state index in [-0.39, 0.29) is 5.97 Å². The van der Waals surface area contributed by atoms with Crippen LogP contribution in [-0.4, -0.2) is 13.1 Å². The summed E-state index contributed by atoms with van der Waals surface area (Å²) in [4.78, 5) is 11.5. The number of rotatable bonds is 4. The Bertz CT molecular complexity index is 592. The molecule has 2 aromatic rings. The zero-order chi connectivity index (χ0) is 13.8. The van der Waals surface area contributed by atoms with E-state index >= 15 is 0 Å². The minimum atomic E-state index is -0.345. The number of hydrogen-bond acceptors (Lipinski definition) is 4. The van der Waals surface area contributed by atoms with Crippen LogP contribution in [0.4, 0.5) is 5.69 Å². The average molecular weight is 324 g/mol. The van der Waals surface area contributed by atoms with Gasteiger partial charge in [0.15, 0.2) is 0 Å². The van der Waals surface area contributed by atoms with Crippen molar-refractivity contribution in [2.24, 2.45) is 0 Å². The van der Waals surface area contributed by atoms with Crippen molar-refractivity contribution >= 4 is 27.6 Å². The lowest BCUT2D eigenvalue weighted by atomic mass is 10.1. The first-order chi connectivity index (χ1) is 9.11. The fourth-order valence-corrected chi connectivity index (χ4v) is 2.03. The fourth-order valence-electron chi connectivity index (χ4n) is 1.68. The van der Waals surface area contributed by atoms with Gasteiger partial charge in [0.05, 0.1) is 30.0 Å². The molecular weight excluding hydrogens is 310 g/mol. The zero-order valence-electron chi connectivity index (χ0n) is 10.7. The number of ether oxygens (including phenoxy) is 1. The summed E-state index contributed by atoms with van der Waals surface area (Å²) in [5.74, 6) is 0.463. The number of halogens is 1. The Hall–Kier alpha value is -1.75. The van der Waals surface area contributed by atoms with E-state index in [2.05, 4.69) is 21.2 Å². The number of aryl methyl sites for hydroxylation is 1. The van der Waals surface area contributed by atoms with Crippen LogP contribution in [0.1, 0.15) is 21.7 Å². The summed E-state index contributed by atoms with van der Waals surface area (Å²) in [5, 5.41) is 3.24. The van der Waals surface area contributed by atoms with Crippen LogP contribution in [0.2, 0.25) is 0 Å². The highest BCUT2D eigenvalue weighted by Crippen LogP contribution is 2.22. The molecule has 0 fully saturated rings. The molecule has 100 valence electrons. The number of methoxy groups -OCH3 is 1. The predicted octanol–water partition coefficient (Wildman–Crippen LogP) is 3.75. The Morgan fingerprint density at radius 1 is 1.42 bits per heavy atom. The second-order valence-electron chi connectivity index (χ2n) is 4.07. The van der Waals surface area contributed by atoms with E-state index in [1.54, 1.807) is 18.4 Å². The Labute approximate surface area is 119 Å². The van der Waals surface area contributed by atoms with Crippen LogP contribution in [0.5, 0.6) is 0 Å². The highest BCUT2D eigenvalue weighted by atomic mass is 79.9.